The van der Waals surface area contributed by atoms with Gasteiger partial charge in [0.2, 0.25) is 5.91 Å². The first kappa shape index (κ1) is 20.5. The Morgan fingerprint density at radius 2 is 2.08 bits per heavy atom. The van der Waals surface area contributed by atoms with Gasteiger partial charge in [0.25, 0.3) is 5.56 Å². The largest absolute Gasteiger partial charge is 0.337 e. The SMILES string of the molecule is Cc1sc2nc(CSC(C)C(=O)NC(C)(C#N)C(C)C)[nH]c(=O)c2c1C. The number of amides is 1. The highest BCUT2D eigenvalue weighted by Crippen LogP contribution is 2.26. The molecule has 0 fully saturated rings. The molecule has 0 saturated heterocycles. The summed E-state index contributed by atoms with van der Waals surface area (Å²) >= 11 is 2.89. The number of nitrogens with zero attached hydrogens (tertiary/aromatic N) is 2. The smallest absolute Gasteiger partial charge is 0.259 e. The van der Waals surface area contributed by atoms with Gasteiger partial charge in [0.1, 0.15) is 16.2 Å². The lowest BCUT2D eigenvalue weighted by Gasteiger charge is -2.28. The Morgan fingerprint density at radius 3 is 2.65 bits per heavy atom. The fourth-order valence-electron chi connectivity index (χ4n) is 2.31. The highest BCUT2D eigenvalue weighted by Gasteiger charge is 2.31. The number of fused-ring (bicyclic) bond motifs is 1. The van der Waals surface area contributed by atoms with Crippen molar-refractivity contribution >= 4 is 39.2 Å². The van der Waals surface area contributed by atoms with Crippen LogP contribution in [0, 0.1) is 31.1 Å². The van der Waals surface area contributed by atoms with Crippen molar-refractivity contribution in [2.24, 2.45) is 5.92 Å². The Morgan fingerprint density at radius 1 is 1.42 bits per heavy atom. The van der Waals surface area contributed by atoms with E-state index in [0.29, 0.717) is 17.0 Å². The molecule has 26 heavy (non-hydrogen) atoms. The summed E-state index contributed by atoms with van der Waals surface area (Å²) < 4.78 is 0. The van der Waals surface area contributed by atoms with Crippen molar-refractivity contribution in [2.45, 2.75) is 58.1 Å². The molecule has 0 radical (unpaired) electrons. The summed E-state index contributed by atoms with van der Waals surface area (Å²) in [5, 5.41) is 12.4. The Kier molecular flexibility index (Phi) is 6.14. The molecule has 0 bridgehead atoms. The number of nitrogens with one attached hydrogen (secondary N) is 2. The molecule has 2 rings (SSSR count). The van der Waals surface area contributed by atoms with Crippen molar-refractivity contribution < 1.29 is 4.79 Å². The number of rotatable bonds is 6. The summed E-state index contributed by atoms with van der Waals surface area (Å²) in [5.41, 5.74) is -0.0692. The molecule has 2 heterocycles. The van der Waals surface area contributed by atoms with Crippen LogP contribution in [0.15, 0.2) is 4.79 Å². The summed E-state index contributed by atoms with van der Waals surface area (Å²) in [6.45, 7) is 11.2. The minimum absolute atomic E-state index is 0.000568. The van der Waals surface area contributed by atoms with Gasteiger partial charge in [-0.25, -0.2) is 4.98 Å². The van der Waals surface area contributed by atoms with Crippen molar-refractivity contribution in [3.05, 3.63) is 26.6 Å². The first-order chi connectivity index (χ1) is 12.1. The van der Waals surface area contributed by atoms with E-state index in [2.05, 4.69) is 21.4 Å². The number of hydrogen-bond donors (Lipinski definition) is 2. The third kappa shape index (κ3) is 4.10. The van der Waals surface area contributed by atoms with Gasteiger partial charge in [0, 0.05) is 4.88 Å². The average Bonchev–Trinajstić information content (AvgIpc) is 2.86. The molecular formula is C18H24N4O2S2. The number of H-pyrrole nitrogens is 1. The van der Waals surface area contributed by atoms with Gasteiger partial charge in [-0.3, -0.25) is 9.59 Å². The van der Waals surface area contributed by atoms with Crippen LogP contribution in [0.25, 0.3) is 10.2 Å². The van der Waals surface area contributed by atoms with Crippen molar-refractivity contribution in [1.82, 2.24) is 15.3 Å². The van der Waals surface area contributed by atoms with E-state index in [4.69, 9.17) is 0 Å². The van der Waals surface area contributed by atoms with Gasteiger partial charge in [0.15, 0.2) is 0 Å². The predicted molar refractivity (Wildman–Crippen MR) is 107 cm³/mol. The average molecular weight is 393 g/mol. The lowest BCUT2D eigenvalue weighted by Crippen LogP contribution is -2.51. The Balaban J connectivity index is 2.09. The molecule has 2 unspecified atom stereocenters. The lowest BCUT2D eigenvalue weighted by molar-refractivity contribution is -0.121. The summed E-state index contributed by atoms with van der Waals surface area (Å²) in [7, 11) is 0. The van der Waals surface area contributed by atoms with E-state index in [9.17, 15) is 14.9 Å². The highest BCUT2D eigenvalue weighted by atomic mass is 32.2. The van der Waals surface area contributed by atoms with Gasteiger partial charge < -0.3 is 10.3 Å². The third-order valence-corrected chi connectivity index (χ3v) is 6.95. The standard InChI is InChI=1S/C18H24N4O2S2/c1-9(2)18(6,8-19)22-15(23)12(5)25-7-13-20-16(24)14-10(3)11(4)26-17(14)21-13/h9,12H,7H2,1-6H3,(H,22,23)(H,20,21,24). The van der Waals surface area contributed by atoms with Crippen LogP contribution in [-0.2, 0) is 10.5 Å². The lowest BCUT2D eigenvalue weighted by atomic mass is 9.90. The van der Waals surface area contributed by atoms with E-state index < -0.39 is 5.54 Å². The molecular weight excluding hydrogens is 368 g/mol. The van der Waals surface area contributed by atoms with Gasteiger partial charge in [-0.2, -0.15) is 5.26 Å². The van der Waals surface area contributed by atoms with E-state index in [1.54, 1.807) is 13.8 Å². The molecule has 0 aliphatic heterocycles. The molecule has 0 aromatic carbocycles. The second-order valence-electron chi connectivity index (χ2n) is 6.89. The minimum atomic E-state index is -0.899. The summed E-state index contributed by atoms with van der Waals surface area (Å²) in [6.07, 6.45) is 0. The van der Waals surface area contributed by atoms with Crippen molar-refractivity contribution in [3.8, 4) is 6.07 Å². The fourth-order valence-corrected chi connectivity index (χ4v) is 4.11. The maximum atomic E-state index is 12.4. The van der Waals surface area contributed by atoms with Gasteiger partial charge in [-0.05, 0) is 39.2 Å². The Hall–Kier alpha value is -1.85. The molecule has 2 N–H and O–H groups in total. The van der Waals surface area contributed by atoms with Crippen LogP contribution in [-0.4, -0.2) is 26.7 Å². The molecule has 2 atom stereocenters. The number of aryl methyl sites for hydroxylation is 2. The van der Waals surface area contributed by atoms with Crippen molar-refractivity contribution in [1.29, 1.82) is 5.26 Å². The maximum Gasteiger partial charge on any atom is 0.259 e. The summed E-state index contributed by atoms with van der Waals surface area (Å²) in [4.78, 5) is 33.8. The number of carbonyl (C=O) groups excluding carboxylic acids is 1. The van der Waals surface area contributed by atoms with Crippen LogP contribution in [0.2, 0.25) is 0 Å². The first-order valence-corrected chi connectivity index (χ1v) is 10.3. The molecule has 0 aliphatic carbocycles. The van der Waals surface area contributed by atoms with Gasteiger partial charge in [-0.15, -0.1) is 23.1 Å². The van der Waals surface area contributed by atoms with Crippen LogP contribution < -0.4 is 10.9 Å². The topological polar surface area (TPSA) is 98.6 Å². The Labute approximate surface area is 161 Å². The van der Waals surface area contributed by atoms with E-state index in [1.807, 2.05) is 27.7 Å². The number of aromatic nitrogens is 2. The monoisotopic (exact) mass is 392 g/mol. The van der Waals surface area contributed by atoms with Gasteiger partial charge in [-0.1, -0.05) is 13.8 Å². The third-order valence-electron chi connectivity index (χ3n) is 4.70. The molecule has 2 aromatic rings. The van der Waals surface area contributed by atoms with Crippen LogP contribution in [0.4, 0.5) is 0 Å². The number of thiophene rings is 1. The van der Waals surface area contributed by atoms with Crippen LogP contribution >= 0.6 is 23.1 Å². The quantitative estimate of drug-likeness (QED) is 0.786. The first-order valence-electron chi connectivity index (χ1n) is 8.42. The molecule has 6 nitrogen and oxygen atoms in total. The Bertz CT molecular complexity index is 926. The van der Waals surface area contributed by atoms with E-state index in [-0.39, 0.29) is 22.6 Å². The number of nitriles is 1. The molecule has 140 valence electrons. The zero-order valence-electron chi connectivity index (χ0n) is 15.9. The second-order valence-corrected chi connectivity index (χ2v) is 9.42. The molecule has 1 amide bonds. The van der Waals surface area contributed by atoms with Gasteiger partial charge >= 0.3 is 0 Å². The van der Waals surface area contributed by atoms with E-state index >= 15 is 0 Å². The number of aromatic amines is 1. The molecule has 0 aliphatic rings. The van der Waals surface area contributed by atoms with Crippen molar-refractivity contribution in [2.75, 3.05) is 0 Å². The van der Waals surface area contributed by atoms with E-state index in [0.717, 1.165) is 15.3 Å². The predicted octanol–water partition coefficient (Wildman–Crippen LogP) is 3.28. The van der Waals surface area contributed by atoms with Crippen LogP contribution in [0.5, 0.6) is 0 Å². The maximum absolute atomic E-state index is 12.4. The summed E-state index contributed by atoms with van der Waals surface area (Å²) in [6, 6.07) is 2.17. The van der Waals surface area contributed by atoms with Crippen LogP contribution in [0.1, 0.15) is 44.0 Å². The van der Waals surface area contributed by atoms with Crippen LogP contribution in [0.3, 0.4) is 0 Å². The van der Waals surface area contributed by atoms with Gasteiger partial charge in [0.05, 0.1) is 22.5 Å². The zero-order valence-corrected chi connectivity index (χ0v) is 17.5. The van der Waals surface area contributed by atoms with Crippen molar-refractivity contribution in [3.63, 3.8) is 0 Å². The molecule has 0 spiro atoms. The second kappa shape index (κ2) is 7.80. The molecule has 0 saturated carbocycles. The normalized spacial score (nSPS) is 14.8. The molecule has 8 heteroatoms. The number of carbonyl (C=O) groups is 1. The minimum Gasteiger partial charge on any atom is -0.337 e. The van der Waals surface area contributed by atoms with E-state index in [1.165, 1.54) is 23.1 Å². The fraction of sp³-hybridized carbons (Fsp3) is 0.556. The summed E-state index contributed by atoms with van der Waals surface area (Å²) in [5.74, 6) is 0.777. The highest BCUT2D eigenvalue weighted by molar-refractivity contribution is 7.99. The zero-order chi connectivity index (χ0) is 19.6. The number of hydrogen-bond acceptors (Lipinski definition) is 6. The number of thioether (sulfide) groups is 1. The molecule has 2 aromatic heterocycles.